The fourth-order valence-corrected chi connectivity index (χ4v) is 3.67. The molecule has 4 rings (SSSR count). The number of aromatic nitrogens is 2. The van der Waals surface area contributed by atoms with Crippen molar-refractivity contribution in [2.45, 2.75) is 32.3 Å². The lowest BCUT2D eigenvalue weighted by Gasteiger charge is -2.16. The maximum absolute atomic E-state index is 14.6. The summed E-state index contributed by atoms with van der Waals surface area (Å²) in [6.45, 7) is 2.89. The molecule has 8 nitrogen and oxygen atoms in total. The van der Waals surface area contributed by atoms with Crippen LogP contribution in [0.1, 0.15) is 40.1 Å². The van der Waals surface area contributed by atoms with Crippen LogP contribution in [0.25, 0.3) is 0 Å². The number of benzene rings is 2. The largest absolute Gasteiger partial charge is 0.487 e. The Kier molecular flexibility index (Phi) is 6.42. The second-order valence-electron chi connectivity index (χ2n) is 8.66. The smallest absolute Gasteiger partial charge is 0.257 e. The van der Waals surface area contributed by atoms with E-state index in [1.54, 1.807) is 30.1 Å². The third-order valence-corrected chi connectivity index (χ3v) is 5.20. The molecule has 35 heavy (non-hydrogen) atoms. The van der Waals surface area contributed by atoms with E-state index < -0.39 is 41.8 Å². The molecule has 0 bridgehead atoms. The standard InChI is InChI=1S/C24H23F3N4O4/c1-24(2)11-16-18(34-14-4-5-15(17(25)10-14)23(33)28-12-20(26)27)8-13(9-19(16)35-24)22(32)29-21-6-7-31(3)30-21/h4-10,20H,11-12H2,1-3H3,(H,28,33)(H,29,30,32). The van der Waals surface area contributed by atoms with Crippen LogP contribution in [0, 0.1) is 5.82 Å². The van der Waals surface area contributed by atoms with Crippen molar-refractivity contribution in [2.75, 3.05) is 11.9 Å². The summed E-state index contributed by atoms with van der Waals surface area (Å²) in [5.74, 6) is -1.17. The molecule has 0 saturated heterocycles. The Hall–Kier alpha value is -4.02. The molecule has 184 valence electrons. The van der Waals surface area contributed by atoms with Gasteiger partial charge in [0.25, 0.3) is 18.2 Å². The van der Waals surface area contributed by atoms with Gasteiger partial charge in [0.2, 0.25) is 0 Å². The van der Waals surface area contributed by atoms with Gasteiger partial charge in [0, 0.05) is 42.9 Å². The summed E-state index contributed by atoms with van der Waals surface area (Å²) in [5.41, 5.74) is -0.000619. The summed E-state index contributed by atoms with van der Waals surface area (Å²) in [7, 11) is 1.72. The van der Waals surface area contributed by atoms with Crippen molar-refractivity contribution in [3.63, 3.8) is 0 Å². The molecule has 3 aromatic rings. The minimum Gasteiger partial charge on any atom is -0.487 e. The van der Waals surface area contributed by atoms with Crippen molar-refractivity contribution in [2.24, 2.45) is 7.05 Å². The first kappa shape index (κ1) is 24.1. The zero-order chi connectivity index (χ0) is 25.3. The lowest BCUT2D eigenvalue weighted by atomic mass is 9.99. The first-order valence-corrected chi connectivity index (χ1v) is 10.7. The van der Waals surface area contributed by atoms with Crippen LogP contribution in [-0.4, -0.2) is 40.2 Å². The summed E-state index contributed by atoms with van der Waals surface area (Å²) < 4.78 is 52.6. The monoisotopic (exact) mass is 488 g/mol. The maximum Gasteiger partial charge on any atom is 0.257 e. The lowest BCUT2D eigenvalue weighted by Crippen LogP contribution is -2.29. The first-order valence-electron chi connectivity index (χ1n) is 10.7. The predicted molar refractivity (Wildman–Crippen MR) is 121 cm³/mol. The average molecular weight is 488 g/mol. The van der Waals surface area contributed by atoms with Crippen LogP contribution in [0.3, 0.4) is 0 Å². The van der Waals surface area contributed by atoms with Gasteiger partial charge >= 0.3 is 0 Å². The Balaban J connectivity index is 1.61. The molecule has 1 aromatic heterocycles. The Morgan fingerprint density at radius 1 is 1.20 bits per heavy atom. The molecule has 0 aliphatic carbocycles. The van der Waals surface area contributed by atoms with Gasteiger partial charge < -0.3 is 20.1 Å². The fraction of sp³-hybridized carbons (Fsp3) is 0.292. The highest BCUT2D eigenvalue weighted by Crippen LogP contribution is 2.43. The van der Waals surface area contributed by atoms with Crippen LogP contribution in [0.2, 0.25) is 0 Å². The number of alkyl halides is 2. The van der Waals surface area contributed by atoms with Gasteiger partial charge in [-0.15, -0.1) is 0 Å². The molecule has 0 radical (unpaired) electrons. The third kappa shape index (κ3) is 5.56. The summed E-state index contributed by atoms with van der Waals surface area (Å²) in [4.78, 5) is 24.8. The molecule has 0 fully saturated rings. The highest BCUT2D eigenvalue weighted by Gasteiger charge is 2.34. The second kappa shape index (κ2) is 9.32. The number of anilines is 1. The van der Waals surface area contributed by atoms with Crippen molar-refractivity contribution in [1.82, 2.24) is 15.1 Å². The quantitative estimate of drug-likeness (QED) is 0.517. The van der Waals surface area contributed by atoms with Crippen LogP contribution in [-0.2, 0) is 13.5 Å². The summed E-state index contributed by atoms with van der Waals surface area (Å²) in [5, 5.41) is 8.77. The van der Waals surface area contributed by atoms with Gasteiger partial charge in [-0.3, -0.25) is 14.3 Å². The molecule has 0 spiro atoms. The van der Waals surface area contributed by atoms with Gasteiger partial charge in [0.1, 0.15) is 28.7 Å². The van der Waals surface area contributed by atoms with E-state index in [0.717, 1.165) is 12.1 Å². The van der Waals surface area contributed by atoms with Gasteiger partial charge in [-0.05, 0) is 38.1 Å². The van der Waals surface area contributed by atoms with E-state index >= 15 is 0 Å². The minimum absolute atomic E-state index is 0.0575. The Morgan fingerprint density at radius 3 is 2.63 bits per heavy atom. The number of carbonyl (C=O) groups is 2. The summed E-state index contributed by atoms with van der Waals surface area (Å²) in [6.07, 6.45) is -0.582. The molecule has 0 saturated carbocycles. The lowest BCUT2D eigenvalue weighted by molar-refractivity contribution is 0.0887. The molecule has 2 amide bonds. The Morgan fingerprint density at radius 2 is 1.97 bits per heavy atom. The minimum atomic E-state index is -2.75. The van der Waals surface area contributed by atoms with E-state index in [-0.39, 0.29) is 17.1 Å². The van der Waals surface area contributed by atoms with Crippen LogP contribution < -0.4 is 20.1 Å². The van der Waals surface area contributed by atoms with Crippen molar-refractivity contribution in [3.05, 3.63) is 65.1 Å². The van der Waals surface area contributed by atoms with E-state index in [9.17, 15) is 22.8 Å². The molecule has 2 aromatic carbocycles. The number of rotatable bonds is 7. The molecule has 2 N–H and O–H groups in total. The van der Waals surface area contributed by atoms with Gasteiger partial charge in [0.05, 0.1) is 12.1 Å². The highest BCUT2D eigenvalue weighted by molar-refractivity contribution is 6.04. The number of hydrogen-bond acceptors (Lipinski definition) is 5. The van der Waals surface area contributed by atoms with Gasteiger partial charge in [-0.25, -0.2) is 13.2 Å². The van der Waals surface area contributed by atoms with Crippen LogP contribution in [0.4, 0.5) is 19.0 Å². The van der Waals surface area contributed by atoms with E-state index in [1.165, 1.54) is 12.1 Å². The zero-order valence-electron chi connectivity index (χ0n) is 19.2. The van der Waals surface area contributed by atoms with Crippen molar-refractivity contribution < 1.29 is 32.2 Å². The maximum atomic E-state index is 14.6. The average Bonchev–Trinajstić information content (AvgIpc) is 3.32. The van der Waals surface area contributed by atoms with E-state index in [2.05, 4.69) is 10.4 Å². The molecule has 0 atom stereocenters. The van der Waals surface area contributed by atoms with E-state index in [4.69, 9.17) is 9.47 Å². The molecule has 1 aliphatic heterocycles. The van der Waals surface area contributed by atoms with Crippen LogP contribution >= 0.6 is 0 Å². The van der Waals surface area contributed by atoms with Crippen LogP contribution in [0.5, 0.6) is 17.2 Å². The molecular formula is C24H23F3N4O4. The number of carbonyl (C=O) groups excluding carboxylic acids is 2. The first-order chi connectivity index (χ1) is 16.5. The number of nitrogens with one attached hydrogen (secondary N) is 2. The van der Waals surface area contributed by atoms with Crippen molar-refractivity contribution in [3.8, 4) is 17.2 Å². The van der Waals surface area contributed by atoms with Gasteiger partial charge in [0.15, 0.2) is 5.82 Å². The van der Waals surface area contributed by atoms with E-state index in [0.29, 0.717) is 23.6 Å². The SMILES string of the molecule is Cn1ccc(NC(=O)c2cc(Oc3ccc(C(=O)NCC(F)F)c(F)c3)c3c(c2)OC(C)(C)C3)n1. The van der Waals surface area contributed by atoms with Crippen molar-refractivity contribution >= 4 is 17.6 Å². The fourth-order valence-electron chi connectivity index (χ4n) is 3.67. The summed E-state index contributed by atoms with van der Waals surface area (Å²) >= 11 is 0. The molecule has 11 heteroatoms. The number of aryl methyl sites for hydroxylation is 1. The molecule has 1 aliphatic rings. The normalized spacial score (nSPS) is 13.8. The van der Waals surface area contributed by atoms with E-state index in [1.807, 2.05) is 19.2 Å². The third-order valence-electron chi connectivity index (χ3n) is 5.20. The van der Waals surface area contributed by atoms with Crippen LogP contribution in [0.15, 0.2) is 42.6 Å². The topological polar surface area (TPSA) is 94.5 Å². The summed E-state index contributed by atoms with van der Waals surface area (Å²) in [6, 6.07) is 8.22. The number of nitrogens with zero attached hydrogens (tertiary/aromatic N) is 2. The predicted octanol–water partition coefficient (Wildman–Crippen LogP) is 4.31. The van der Waals surface area contributed by atoms with Crippen molar-refractivity contribution in [1.29, 1.82) is 0 Å². The second-order valence-corrected chi connectivity index (χ2v) is 8.66. The number of ether oxygens (including phenoxy) is 2. The molecular weight excluding hydrogens is 465 g/mol. The number of halogens is 3. The zero-order valence-corrected chi connectivity index (χ0v) is 19.2. The Labute approximate surface area is 199 Å². The van der Waals surface area contributed by atoms with Gasteiger partial charge in [-0.2, -0.15) is 5.10 Å². The Bertz CT molecular complexity index is 1290. The molecule has 0 unspecified atom stereocenters. The number of fused-ring (bicyclic) bond motifs is 1. The number of hydrogen-bond donors (Lipinski definition) is 2. The highest BCUT2D eigenvalue weighted by atomic mass is 19.3. The number of amides is 2. The molecule has 2 heterocycles. The van der Waals surface area contributed by atoms with Gasteiger partial charge in [-0.1, -0.05) is 0 Å².